The average Bonchev–Trinajstić information content (AvgIpc) is 2.87. The highest BCUT2D eigenvalue weighted by molar-refractivity contribution is 7.90. The van der Waals surface area contributed by atoms with Gasteiger partial charge in [0.1, 0.15) is 11.4 Å². The normalized spacial score (nSPS) is 17.7. The number of sulfonamides is 1. The van der Waals surface area contributed by atoms with Crippen LogP contribution in [-0.4, -0.2) is 68.1 Å². The van der Waals surface area contributed by atoms with E-state index >= 15 is 0 Å². The Labute approximate surface area is 232 Å². The lowest BCUT2D eigenvalue weighted by molar-refractivity contribution is -0.0221. The van der Waals surface area contributed by atoms with Gasteiger partial charge in [0.05, 0.1) is 17.4 Å². The lowest BCUT2D eigenvalue weighted by Crippen LogP contribution is -2.40. The van der Waals surface area contributed by atoms with Crippen molar-refractivity contribution in [3.8, 4) is 0 Å². The number of pyridine rings is 2. The summed E-state index contributed by atoms with van der Waals surface area (Å²) in [5, 5.41) is 2.16. The quantitative estimate of drug-likeness (QED) is 0.516. The molecule has 2 aliphatic heterocycles. The largest absolute Gasteiger partial charge is 0.443 e. The lowest BCUT2D eigenvalue weighted by Gasteiger charge is -2.34. The molecule has 2 aromatic rings. The van der Waals surface area contributed by atoms with Crippen molar-refractivity contribution >= 4 is 39.2 Å². The zero-order valence-corrected chi connectivity index (χ0v) is 23.6. The number of alkyl halides is 2. The van der Waals surface area contributed by atoms with Crippen molar-refractivity contribution in [2.75, 3.05) is 41.3 Å². The molecule has 2 N–H and O–H groups in total. The summed E-state index contributed by atoms with van der Waals surface area (Å²) in [6, 6.07) is 4.19. The Morgan fingerprint density at radius 1 is 1.00 bits per heavy atom. The zero-order chi connectivity index (χ0) is 29.1. The third kappa shape index (κ3) is 7.55. The number of halogens is 2. The predicted molar refractivity (Wildman–Crippen MR) is 145 cm³/mol. The van der Waals surface area contributed by atoms with Crippen LogP contribution in [0.25, 0.3) is 0 Å². The van der Waals surface area contributed by atoms with Gasteiger partial charge < -0.3 is 19.9 Å². The number of hydrogen-bond donors (Lipinski definition) is 2. The molecular formula is C26H34F2N6O5S. The maximum atomic E-state index is 13.8. The van der Waals surface area contributed by atoms with Crippen molar-refractivity contribution in [1.82, 2.24) is 14.7 Å². The van der Waals surface area contributed by atoms with Gasteiger partial charge in [-0.2, -0.15) is 8.42 Å². The van der Waals surface area contributed by atoms with E-state index in [1.165, 1.54) is 12.3 Å². The SMILES string of the molecule is CC(C)(C)OC(=O)NS(=O)(=O)c1cc(NC(=O)c2cc(N3CCCCC3)cnc2N2CCC(F)(F)CC2)ccn1. The number of ether oxygens (including phenoxy) is 1. The minimum atomic E-state index is -4.40. The Morgan fingerprint density at radius 3 is 2.33 bits per heavy atom. The molecule has 4 heterocycles. The van der Waals surface area contributed by atoms with E-state index in [2.05, 4.69) is 20.2 Å². The molecule has 0 aromatic carbocycles. The highest BCUT2D eigenvalue weighted by Crippen LogP contribution is 2.33. The molecule has 11 nitrogen and oxygen atoms in total. The predicted octanol–water partition coefficient (Wildman–Crippen LogP) is 4.17. The van der Waals surface area contributed by atoms with Crippen molar-refractivity contribution in [2.24, 2.45) is 0 Å². The molecule has 2 aromatic heterocycles. The van der Waals surface area contributed by atoms with E-state index in [1.54, 1.807) is 42.7 Å². The molecule has 0 spiro atoms. The maximum Gasteiger partial charge on any atom is 0.421 e. The fraction of sp³-hybridized carbons (Fsp3) is 0.538. The van der Waals surface area contributed by atoms with Gasteiger partial charge >= 0.3 is 6.09 Å². The monoisotopic (exact) mass is 580 g/mol. The van der Waals surface area contributed by atoms with Crippen molar-refractivity contribution in [2.45, 2.75) is 69.4 Å². The van der Waals surface area contributed by atoms with E-state index in [9.17, 15) is 26.8 Å². The zero-order valence-electron chi connectivity index (χ0n) is 22.7. The Bertz CT molecular complexity index is 1350. The summed E-state index contributed by atoms with van der Waals surface area (Å²) >= 11 is 0. The van der Waals surface area contributed by atoms with Crippen molar-refractivity contribution in [1.29, 1.82) is 0 Å². The van der Waals surface area contributed by atoms with Gasteiger partial charge in [0.25, 0.3) is 21.9 Å². The van der Waals surface area contributed by atoms with Crippen LogP contribution in [0.15, 0.2) is 35.6 Å². The average molecular weight is 581 g/mol. The molecule has 2 fully saturated rings. The second-order valence-electron chi connectivity index (χ2n) is 10.9. The minimum absolute atomic E-state index is 0.0390. The number of nitrogens with one attached hydrogen (secondary N) is 2. The number of anilines is 3. The molecule has 4 rings (SSSR count). The molecule has 0 saturated carbocycles. The number of hydrogen-bond acceptors (Lipinski definition) is 9. The first-order valence-corrected chi connectivity index (χ1v) is 14.6. The van der Waals surface area contributed by atoms with E-state index < -0.39 is 38.6 Å². The molecule has 40 heavy (non-hydrogen) atoms. The molecular weight excluding hydrogens is 546 g/mol. The summed E-state index contributed by atoms with van der Waals surface area (Å²) in [6.07, 6.45) is 4.11. The van der Waals surface area contributed by atoms with E-state index in [-0.39, 0.29) is 43.0 Å². The molecule has 0 atom stereocenters. The second kappa shape index (κ2) is 11.5. The van der Waals surface area contributed by atoms with Crippen molar-refractivity contribution < 1.29 is 31.5 Å². The van der Waals surface area contributed by atoms with Crippen LogP contribution >= 0.6 is 0 Å². The van der Waals surface area contributed by atoms with Crippen LogP contribution in [0.5, 0.6) is 0 Å². The van der Waals surface area contributed by atoms with Crippen LogP contribution < -0.4 is 19.8 Å². The van der Waals surface area contributed by atoms with Gasteiger partial charge in [-0.05, 0) is 52.2 Å². The van der Waals surface area contributed by atoms with E-state index in [0.29, 0.717) is 0 Å². The van der Waals surface area contributed by atoms with E-state index in [1.807, 2.05) is 0 Å². The van der Waals surface area contributed by atoms with Crippen molar-refractivity contribution in [3.05, 3.63) is 36.2 Å². The van der Waals surface area contributed by atoms with Crippen LogP contribution in [0, 0.1) is 0 Å². The molecule has 2 saturated heterocycles. The summed E-state index contributed by atoms with van der Waals surface area (Å²) in [6.45, 7) is 6.47. The number of nitrogens with zero attached hydrogens (tertiary/aromatic N) is 4. The van der Waals surface area contributed by atoms with Crippen molar-refractivity contribution in [3.63, 3.8) is 0 Å². The van der Waals surface area contributed by atoms with Gasteiger partial charge in [0, 0.05) is 57.0 Å². The van der Waals surface area contributed by atoms with Gasteiger partial charge in [-0.25, -0.2) is 28.3 Å². The van der Waals surface area contributed by atoms with Gasteiger partial charge in [-0.1, -0.05) is 0 Å². The molecule has 2 amide bonds. The second-order valence-corrected chi connectivity index (χ2v) is 12.5. The highest BCUT2D eigenvalue weighted by atomic mass is 32.2. The molecule has 14 heteroatoms. The summed E-state index contributed by atoms with van der Waals surface area (Å²) in [5.41, 5.74) is 0.114. The fourth-order valence-electron chi connectivity index (χ4n) is 4.53. The summed E-state index contributed by atoms with van der Waals surface area (Å²) in [5.74, 6) is -3.07. The van der Waals surface area contributed by atoms with Crippen LogP contribution in [0.3, 0.4) is 0 Å². The third-order valence-electron chi connectivity index (χ3n) is 6.50. The number of rotatable bonds is 6. The minimum Gasteiger partial charge on any atom is -0.443 e. The first-order valence-electron chi connectivity index (χ1n) is 13.1. The van der Waals surface area contributed by atoms with Gasteiger partial charge in [-0.15, -0.1) is 0 Å². The van der Waals surface area contributed by atoms with Crippen LogP contribution in [0.4, 0.5) is 30.8 Å². The van der Waals surface area contributed by atoms with E-state index in [0.717, 1.165) is 44.1 Å². The number of amides is 2. The van der Waals surface area contributed by atoms with Crippen LogP contribution in [0.1, 0.15) is 63.2 Å². The summed E-state index contributed by atoms with van der Waals surface area (Å²) < 4.78 is 59.8. The summed E-state index contributed by atoms with van der Waals surface area (Å²) in [4.78, 5) is 37.7. The molecule has 218 valence electrons. The van der Waals surface area contributed by atoms with Gasteiger partial charge in [0.15, 0.2) is 5.03 Å². The number of carbonyl (C=O) groups excluding carboxylic acids is 2. The van der Waals surface area contributed by atoms with E-state index in [4.69, 9.17) is 4.74 Å². The molecule has 0 unspecified atom stereocenters. The van der Waals surface area contributed by atoms with Crippen LogP contribution in [-0.2, 0) is 14.8 Å². The van der Waals surface area contributed by atoms with Gasteiger partial charge in [0.2, 0.25) is 0 Å². The molecule has 0 aliphatic carbocycles. The Balaban J connectivity index is 1.58. The Morgan fingerprint density at radius 2 is 1.68 bits per heavy atom. The standard InChI is InChI=1S/C26H34F2N6O5S/c1-25(2,3)39-24(36)32-40(37,38)21-15-18(7-10-29-21)31-23(35)20-16-19(33-11-5-4-6-12-33)17-30-22(20)34-13-8-26(27,28)9-14-34/h7,10,15-17H,4-6,8-9,11-14H2,1-3H3,(H,32,36)(H,29,31,35). The number of piperidine rings is 2. The number of aromatic nitrogens is 2. The maximum absolute atomic E-state index is 13.8. The third-order valence-corrected chi connectivity index (χ3v) is 7.71. The number of carbonyl (C=O) groups is 2. The van der Waals surface area contributed by atoms with Gasteiger partial charge in [-0.3, -0.25) is 4.79 Å². The highest BCUT2D eigenvalue weighted by Gasteiger charge is 2.35. The first kappa shape index (κ1) is 29.4. The topological polar surface area (TPSA) is 134 Å². The Kier molecular flexibility index (Phi) is 8.47. The molecule has 2 aliphatic rings. The lowest BCUT2D eigenvalue weighted by atomic mass is 10.1. The first-order chi connectivity index (χ1) is 18.7. The smallest absolute Gasteiger partial charge is 0.421 e. The fourth-order valence-corrected chi connectivity index (χ4v) is 5.38. The molecule has 0 radical (unpaired) electrons. The summed E-state index contributed by atoms with van der Waals surface area (Å²) in [7, 11) is -4.40. The Hall–Kier alpha value is -3.55. The molecule has 0 bridgehead atoms. The van der Waals surface area contributed by atoms with Crippen LogP contribution in [0.2, 0.25) is 0 Å².